The second kappa shape index (κ2) is 4.61. The van der Waals surface area contributed by atoms with Crippen molar-refractivity contribution >= 4 is 33.6 Å². The van der Waals surface area contributed by atoms with Crippen LogP contribution in [0.5, 0.6) is 0 Å². The summed E-state index contributed by atoms with van der Waals surface area (Å²) in [6, 6.07) is 3.23. The molecule has 16 heavy (non-hydrogen) atoms. The van der Waals surface area contributed by atoms with Gasteiger partial charge in [-0.2, -0.15) is 0 Å². The maximum atomic E-state index is 11.5. The Morgan fingerprint density at radius 1 is 1.50 bits per heavy atom. The molecule has 0 radical (unpaired) electrons. The fraction of sp³-hybridized carbons (Fsp3) is 0.300. The van der Waals surface area contributed by atoms with E-state index in [0.29, 0.717) is 18.7 Å². The molecule has 84 valence electrons. The zero-order chi connectivity index (χ0) is 11.5. The Kier molecular flexibility index (Phi) is 3.19. The lowest BCUT2D eigenvalue weighted by Gasteiger charge is -2.22. The highest BCUT2D eigenvalue weighted by molar-refractivity contribution is 9.10. The quantitative estimate of drug-likeness (QED) is 0.797. The molecule has 1 fully saturated rings. The number of nitrogens with zero attached hydrogens (tertiary/aromatic N) is 1. The number of carbonyl (C=O) groups is 2. The van der Waals surface area contributed by atoms with Gasteiger partial charge in [0.2, 0.25) is 11.8 Å². The summed E-state index contributed by atoms with van der Waals surface area (Å²) < 4.78 is 0.791. The lowest BCUT2D eigenvalue weighted by molar-refractivity contribution is -0.133. The minimum Gasteiger partial charge on any atom is -0.357 e. The molecule has 1 aliphatic rings. The molecular formula is C10H10BrN3O2. The highest BCUT2D eigenvalue weighted by Gasteiger charge is 2.26. The third-order valence-corrected chi connectivity index (χ3v) is 2.95. The van der Waals surface area contributed by atoms with Gasteiger partial charge >= 0.3 is 0 Å². The number of piperidine rings is 1. The third kappa shape index (κ3) is 2.38. The summed E-state index contributed by atoms with van der Waals surface area (Å²) in [6.07, 6.45) is 2.49. The Bertz CT molecular complexity index is 436. The second-order valence-corrected chi connectivity index (χ2v) is 4.34. The zero-order valence-corrected chi connectivity index (χ0v) is 9.95. The Morgan fingerprint density at radius 2 is 2.31 bits per heavy atom. The van der Waals surface area contributed by atoms with Crippen LogP contribution in [0.3, 0.4) is 0 Å². The van der Waals surface area contributed by atoms with Crippen LogP contribution >= 0.6 is 15.9 Å². The predicted molar refractivity (Wildman–Crippen MR) is 61.7 cm³/mol. The monoisotopic (exact) mass is 283 g/mol. The number of aromatic nitrogens is 1. The van der Waals surface area contributed by atoms with Crippen LogP contribution in [-0.2, 0) is 9.59 Å². The van der Waals surface area contributed by atoms with Crippen LogP contribution in [0.1, 0.15) is 12.8 Å². The van der Waals surface area contributed by atoms with Crippen molar-refractivity contribution in [2.24, 2.45) is 0 Å². The van der Waals surface area contributed by atoms with E-state index in [2.05, 4.69) is 31.5 Å². The maximum Gasteiger partial charge on any atom is 0.249 e. The molecular weight excluding hydrogens is 274 g/mol. The molecule has 1 aliphatic heterocycles. The van der Waals surface area contributed by atoms with Crippen LogP contribution in [0.2, 0.25) is 0 Å². The molecule has 0 spiro atoms. The first kappa shape index (κ1) is 11.1. The van der Waals surface area contributed by atoms with Gasteiger partial charge in [0.1, 0.15) is 11.9 Å². The molecule has 1 aromatic rings. The van der Waals surface area contributed by atoms with Gasteiger partial charge in [-0.1, -0.05) is 0 Å². The van der Waals surface area contributed by atoms with Crippen molar-refractivity contribution in [3.05, 3.63) is 22.8 Å². The van der Waals surface area contributed by atoms with Crippen molar-refractivity contribution in [1.29, 1.82) is 0 Å². The van der Waals surface area contributed by atoms with Gasteiger partial charge in [0.15, 0.2) is 0 Å². The van der Waals surface area contributed by atoms with Crippen molar-refractivity contribution in [3.8, 4) is 0 Å². The Morgan fingerprint density at radius 3 is 3.00 bits per heavy atom. The standard InChI is InChI=1S/C10H10BrN3O2/c11-6-2-1-5-12-9(6)13-7-3-4-8(15)14-10(7)16/h1-2,5,7H,3-4H2,(H,12,13)(H,14,15,16). The first-order chi connectivity index (χ1) is 7.66. The fourth-order valence-electron chi connectivity index (χ4n) is 1.49. The van der Waals surface area contributed by atoms with Crippen LogP contribution < -0.4 is 10.6 Å². The van der Waals surface area contributed by atoms with Gasteiger partial charge in [-0.15, -0.1) is 0 Å². The Balaban J connectivity index is 2.08. The fourth-order valence-corrected chi connectivity index (χ4v) is 1.86. The van der Waals surface area contributed by atoms with E-state index >= 15 is 0 Å². The number of amides is 2. The lowest BCUT2D eigenvalue weighted by Crippen LogP contribution is -2.47. The van der Waals surface area contributed by atoms with E-state index in [0.717, 1.165) is 4.47 Å². The van der Waals surface area contributed by atoms with Crippen molar-refractivity contribution in [3.63, 3.8) is 0 Å². The van der Waals surface area contributed by atoms with Crippen molar-refractivity contribution < 1.29 is 9.59 Å². The van der Waals surface area contributed by atoms with E-state index in [4.69, 9.17) is 0 Å². The van der Waals surface area contributed by atoms with Gasteiger partial charge in [-0.25, -0.2) is 4.98 Å². The Hall–Kier alpha value is -1.43. The van der Waals surface area contributed by atoms with Crippen LogP contribution in [0.15, 0.2) is 22.8 Å². The molecule has 0 saturated carbocycles. The van der Waals surface area contributed by atoms with Gasteiger partial charge < -0.3 is 5.32 Å². The number of halogens is 1. The summed E-state index contributed by atoms with van der Waals surface area (Å²) in [5.74, 6) is 0.0916. The van der Waals surface area contributed by atoms with Gasteiger partial charge in [-0.3, -0.25) is 14.9 Å². The normalized spacial score (nSPS) is 20.4. The largest absolute Gasteiger partial charge is 0.357 e. The number of rotatable bonds is 2. The number of imide groups is 1. The van der Waals surface area contributed by atoms with Crippen LogP contribution in [0.25, 0.3) is 0 Å². The van der Waals surface area contributed by atoms with Crippen molar-refractivity contribution in [1.82, 2.24) is 10.3 Å². The number of pyridine rings is 1. The van der Waals surface area contributed by atoms with Crippen molar-refractivity contribution in [2.75, 3.05) is 5.32 Å². The molecule has 1 atom stereocenters. The van der Waals surface area contributed by atoms with Crippen LogP contribution in [0.4, 0.5) is 5.82 Å². The van der Waals surface area contributed by atoms with E-state index in [1.807, 2.05) is 6.07 Å². The van der Waals surface area contributed by atoms with Crippen LogP contribution in [-0.4, -0.2) is 22.8 Å². The molecule has 6 heteroatoms. The van der Waals surface area contributed by atoms with E-state index in [9.17, 15) is 9.59 Å². The van der Waals surface area contributed by atoms with Crippen LogP contribution in [0, 0.1) is 0 Å². The lowest BCUT2D eigenvalue weighted by atomic mass is 10.1. The van der Waals surface area contributed by atoms with Gasteiger partial charge in [-0.05, 0) is 34.5 Å². The molecule has 5 nitrogen and oxygen atoms in total. The van der Waals surface area contributed by atoms with Crippen molar-refractivity contribution in [2.45, 2.75) is 18.9 Å². The topological polar surface area (TPSA) is 71.1 Å². The molecule has 0 aromatic carbocycles. The first-order valence-corrected chi connectivity index (χ1v) is 5.67. The molecule has 1 aromatic heterocycles. The SMILES string of the molecule is O=C1CCC(Nc2ncccc2Br)C(=O)N1. The second-order valence-electron chi connectivity index (χ2n) is 3.48. The first-order valence-electron chi connectivity index (χ1n) is 4.87. The number of hydrogen-bond donors (Lipinski definition) is 2. The van der Waals surface area contributed by atoms with Gasteiger partial charge in [0.05, 0.1) is 4.47 Å². The van der Waals surface area contributed by atoms with E-state index in [1.54, 1.807) is 12.3 Å². The van der Waals surface area contributed by atoms with Gasteiger partial charge in [0, 0.05) is 12.6 Å². The molecule has 1 unspecified atom stereocenters. The predicted octanol–water partition coefficient (Wildman–Crippen LogP) is 1.06. The molecule has 2 heterocycles. The minimum atomic E-state index is -0.399. The highest BCUT2D eigenvalue weighted by Crippen LogP contribution is 2.20. The number of anilines is 1. The average Bonchev–Trinajstić information content (AvgIpc) is 2.25. The molecule has 0 aliphatic carbocycles. The number of nitrogens with one attached hydrogen (secondary N) is 2. The van der Waals surface area contributed by atoms with E-state index in [1.165, 1.54) is 0 Å². The average molecular weight is 284 g/mol. The molecule has 2 N–H and O–H groups in total. The summed E-state index contributed by atoms with van der Waals surface area (Å²) >= 11 is 3.33. The zero-order valence-electron chi connectivity index (χ0n) is 8.37. The van der Waals surface area contributed by atoms with E-state index in [-0.39, 0.29) is 11.8 Å². The number of carbonyl (C=O) groups excluding carboxylic acids is 2. The smallest absolute Gasteiger partial charge is 0.249 e. The molecule has 0 bridgehead atoms. The molecule has 2 amide bonds. The Labute approximate surface area is 101 Å². The maximum absolute atomic E-state index is 11.5. The third-order valence-electron chi connectivity index (χ3n) is 2.31. The number of hydrogen-bond acceptors (Lipinski definition) is 4. The van der Waals surface area contributed by atoms with E-state index < -0.39 is 6.04 Å². The summed E-state index contributed by atoms with van der Waals surface area (Å²) in [4.78, 5) is 26.5. The summed E-state index contributed by atoms with van der Waals surface area (Å²) in [6.45, 7) is 0. The highest BCUT2D eigenvalue weighted by atomic mass is 79.9. The summed E-state index contributed by atoms with van der Waals surface area (Å²) in [5.41, 5.74) is 0. The van der Waals surface area contributed by atoms with Gasteiger partial charge in [0.25, 0.3) is 0 Å². The molecule has 2 rings (SSSR count). The molecule has 1 saturated heterocycles. The minimum absolute atomic E-state index is 0.219. The summed E-state index contributed by atoms with van der Waals surface area (Å²) in [5, 5.41) is 5.28. The summed E-state index contributed by atoms with van der Waals surface area (Å²) in [7, 11) is 0.